The van der Waals surface area contributed by atoms with Crippen LogP contribution in [0.4, 0.5) is 0 Å². The van der Waals surface area contributed by atoms with E-state index in [4.69, 9.17) is 0 Å². The van der Waals surface area contributed by atoms with Crippen LogP contribution < -0.4 is 5.30 Å². The molecule has 0 aliphatic rings. The Labute approximate surface area is 104 Å². The van der Waals surface area contributed by atoms with Crippen molar-refractivity contribution in [3.63, 3.8) is 0 Å². The van der Waals surface area contributed by atoms with Gasteiger partial charge in [0.1, 0.15) is 16.5 Å². The van der Waals surface area contributed by atoms with Gasteiger partial charge in [-0.25, -0.2) is 0 Å². The van der Waals surface area contributed by atoms with Crippen molar-refractivity contribution in [1.29, 1.82) is 0 Å². The van der Waals surface area contributed by atoms with E-state index in [0.29, 0.717) is 0 Å². The minimum absolute atomic E-state index is 0.855. The van der Waals surface area contributed by atoms with Crippen molar-refractivity contribution >= 4 is 30.5 Å². The van der Waals surface area contributed by atoms with Gasteiger partial charge in [-0.1, -0.05) is 69.6 Å². The van der Waals surface area contributed by atoms with Crippen molar-refractivity contribution < 1.29 is 0 Å². The number of nitrogens with zero attached hydrogens (tertiary/aromatic N) is 1. The van der Waals surface area contributed by atoms with E-state index < -0.39 is 16.5 Å². The van der Waals surface area contributed by atoms with E-state index in [-0.39, 0.29) is 0 Å². The predicted octanol–water partition coefficient (Wildman–Crippen LogP) is 3.88. The van der Waals surface area contributed by atoms with E-state index in [0.717, 1.165) is 8.73 Å². The maximum Gasteiger partial charge on any atom is 0.116 e. The normalized spacial score (nSPS) is 13.9. The topological polar surface area (TPSA) is 3.24 Å². The summed E-state index contributed by atoms with van der Waals surface area (Å²) in [6.07, 6.45) is 0. The minimum Gasteiger partial charge on any atom is -0.323 e. The molecule has 0 N–H and O–H groups in total. The summed E-state index contributed by atoms with van der Waals surface area (Å²) in [5, 5.41) is 1.48. The highest BCUT2D eigenvalue weighted by Crippen LogP contribution is 2.32. The molecular formula is C12H24NPSi2. The average Bonchev–Trinajstić information content (AvgIpc) is 2.12. The van der Waals surface area contributed by atoms with Crippen LogP contribution in [0.25, 0.3) is 0 Å². The third kappa shape index (κ3) is 4.13. The van der Waals surface area contributed by atoms with E-state index in [2.05, 4.69) is 73.6 Å². The molecule has 1 rings (SSSR count). The van der Waals surface area contributed by atoms with E-state index >= 15 is 0 Å². The molecule has 0 aromatic heterocycles. The van der Waals surface area contributed by atoms with Crippen LogP contribution in [0.15, 0.2) is 30.3 Å². The van der Waals surface area contributed by atoms with Gasteiger partial charge < -0.3 is 4.00 Å². The predicted molar refractivity (Wildman–Crippen MR) is 82.9 cm³/mol. The molecule has 0 amide bonds. The van der Waals surface area contributed by atoms with Gasteiger partial charge in [0, 0.05) is 0 Å². The maximum absolute atomic E-state index is 2.84. The van der Waals surface area contributed by atoms with Gasteiger partial charge in [0.25, 0.3) is 0 Å². The molecule has 1 aromatic rings. The van der Waals surface area contributed by atoms with Gasteiger partial charge in [0.15, 0.2) is 0 Å². The molecule has 0 fully saturated rings. The summed E-state index contributed by atoms with van der Waals surface area (Å²) in [4.78, 5) is 0. The van der Waals surface area contributed by atoms with Crippen LogP contribution in [-0.2, 0) is 0 Å². The second kappa shape index (κ2) is 5.13. The molecule has 1 nitrogen and oxygen atoms in total. The van der Waals surface area contributed by atoms with Crippen molar-refractivity contribution in [2.24, 2.45) is 0 Å². The number of hydrogen-bond donors (Lipinski definition) is 0. The third-order valence-electron chi connectivity index (χ3n) is 2.36. The Morgan fingerprint density at radius 3 is 1.62 bits per heavy atom. The summed E-state index contributed by atoms with van der Waals surface area (Å²) in [6.45, 7) is 14.8. The van der Waals surface area contributed by atoms with Gasteiger partial charge in [-0.3, -0.25) is 0 Å². The van der Waals surface area contributed by atoms with Crippen LogP contribution in [0.5, 0.6) is 0 Å². The van der Waals surface area contributed by atoms with E-state index in [9.17, 15) is 0 Å². The Balaban J connectivity index is 2.89. The molecule has 90 valence electrons. The first-order valence-corrected chi connectivity index (χ1v) is 13.7. The minimum atomic E-state index is -1.20. The quantitative estimate of drug-likeness (QED) is 0.592. The third-order valence-corrected chi connectivity index (χ3v) is 14.6. The van der Waals surface area contributed by atoms with E-state index in [1.54, 1.807) is 0 Å². The van der Waals surface area contributed by atoms with Crippen LogP contribution in [0.2, 0.25) is 39.3 Å². The molecule has 1 atom stereocenters. The molecule has 0 aliphatic heterocycles. The lowest BCUT2D eigenvalue weighted by molar-refractivity contribution is 0.993. The Morgan fingerprint density at radius 2 is 1.25 bits per heavy atom. The average molecular weight is 269 g/mol. The van der Waals surface area contributed by atoms with Gasteiger partial charge in [-0.05, 0) is 14.0 Å². The number of hydrogen-bond acceptors (Lipinski definition) is 1. The van der Waals surface area contributed by atoms with Crippen LogP contribution in [-0.4, -0.2) is 20.5 Å². The van der Waals surface area contributed by atoms with Crippen molar-refractivity contribution in [3.05, 3.63) is 30.3 Å². The van der Waals surface area contributed by atoms with Gasteiger partial charge in [0.05, 0.1) is 0 Å². The Bertz CT molecular complexity index is 313. The van der Waals surface area contributed by atoms with Crippen LogP contribution in [0.3, 0.4) is 0 Å². The van der Waals surface area contributed by atoms with E-state index in [1.165, 1.54) is 5.30 Å². The Hall–Kier alpha value is 0.0438. The highest BCUT2D eigenvalue weighted by Gasteiger charge is 2.34. The van der Waals surface area contributed by atoms with Gasteiger partial charge in [0.2, 0.25) is 0 Å². The van der Waals surface area contributed by atoms with Crippen LogP contribution >= 0.6 is 8.73 Å². The summed E-state index contributed by atoms with van der Waals surface area (Å²) >= 11 is 0. The van der Waals surface area contributed by atoms with Gasteiger partial charge in [-0.15, -0.1) is 0 Å². The molecule has 0 aliphatic carbocycles. The monoisotopic (exact) mass is 269 g/mol. The fourth-order valence-electron chi connectivity index (χ4n) is 1.98. The summed E-state index contributed by atoms with van der Waals surface area (Å²) < 4.78 is 2.84. The highest BCUT2D eigenvalue weighted by atomic mass is 31.1. The number of rotatable bonds is 4. The summed E-state index contributed by atoms with van der Waals surface area (Å²) in [6, 6.07) is 10.9. The second-order valence-electron chi connectivity index (χ2n) is 6.15. The smallest absolute Gasteiger partial charge is 0.116 e. The molecule has 0 bridgehead atoms. The molecule has 1 aromatic carbocycles. The van der Waals surface area contributed by atoms with E-state index in [1.807, 2.05) is 0 Å². The Kier molecular flexibility index (Phi) is 4.52. The number of benzene rings is 1. The standard InChI is InChI=1S/C12H24NPSi2/c1-15(2,3)13(16(4,5)6)14-12-10-8-7-9-11-12/h7-11,14H,1-6H3. The first-order valence-electron chi connectivity index (χ1n) is 5.83. The molecule has 0 radical (unpaired) electrons. The molecule has 0 saturated heterocycles. The first-order chi connectivity index (χ1) is 7.21. The molecule has 16 heavy (non-hydrogen) atoms. The molecular weight excluding hydrogens is 245 g/mol. The van der Waals surface area contributed by atoms with Gasteiger partial charge in [-0.2, -0.15) is 0 Å². The molecule has 1 unspecified atom stereocenters. The zero-order valence-electron chi connectivity index (χ0n) is 11.3. The zero-order valence-corrected chi connectivity index (χ0v) is 14.3. The fraction of sp³-hybridized carbons (Fsp3) is 0.500. The largest absolute Gasteiger partial charge is 0.323 e. The van der Waals surface area contributed by atoms with Gasteiger partial charge >= 0.3 is 0 Å². The maximum atomic E-state index is 2.84. The van der Waals surface area contributed by atoms with Crippen molar-refractivity contribution in [1.82, 2.24) is 4.00 Å². The van der Waals surface area contributed by atoms with Crippen molar-refractivity contribution in [2.75, 3.05) is 0 Å². The molecule has 0 spiro atoms. The molecule has 0 saturated carbocycles. The lowest BCUT2D eigenvalue weighted by Crippen LogP contribution is -2.54. The summed E-state index contributed by atoms with van der Waals surface area (Å²) in [5.74, 6) is 0. The summed E-state index contributed by atoms with van der Waals surface area (Å²) in [7, 11) is -1.54. The zero-order chi connectivity index (χ0) is 12.4. The molecule has 4 heteroatoms. The van der Waals surface area contributed by atoms with Crippen LogP contribution in [0.1, 0.15) is 0 Å². The SMILES string of the molecule is C[Si](C)(C)N(Pc1ccccc1)[Si](C)(C)C. The fourth-order valence-corrected chi connectivity index (χ4v) is 14.1. The summed E-state index contributed by atoms with van der Waals surface area (Å²) in [5.41, 5.74) is 0. The van der Waals surface area contributed by atoms with Crippen molar-refractivity contribution in [2.45, 2.75) is 39.3 Å². The Morgan fingerprint density at radius 1 is 0.812 bits per heavy atom. The lowest BCUT2D eigenvalue weighted by Gasteiger charge is -2.43. The molecule has 0 heterocycles. The van der Waals surface area contributed by atoms with Crippen molar-refractivity contribution in [3.8, 4) is 0 Å². The lowest BCUT2D eigenvalue weighted by atomic mass is 10.4. The highest BCUT2D eigenvalue weighted by molar-refractivity contribution is 7.50. The first kappa shape index (κ1) is 14.1. The second-order valence-corrected chi connectivity index (χ2v) is 18.3. The van der Waals surface area contributed by atoms with Crippen LogP contribution in [0, 0.1) is 0 Å².